The Bertz CT molecular complexity index is 989. The topological polar surface area (TPSA) is 93.9 Å². The van der Waals surface area contributed by atoms with Gasteiger partial charge in [0.25, 0.3) is 0 Å². The van der Waals surface area contributed by atoms with Crippen LogP contribution in [0.4, 0.5) is 0 Å². The predicted molar refractivity (Wildman–Crippen MR) is 103 cm³/mol. The first-order chi connectivity index (χ1) is 12.9. The summed E-state index contributed by atoms with van der Waals surface area (Å²) in [6.45, 7) is 1.84. The largest absolute Gasteiger partial charge is 0.347 e. The Hall–Kier alpha value is -2.52. The van der Waals surface area contributed by atoms with Crippen LogP contribution >= 0.6 is 23.4 Å². The number of amides is 1. The first-order valence-electron chi connectivity index (χ1n) is 8.03. The summed E-state index contributed by atoms with van der Waals surface area (Å²) in [6.07, 6.45) is 1.38. The second-order valence-corrected chi connectivity index (χ2v) is 7.60. The molecule has 0 saturated carbocycles. The molecule has 2 heterocycles. The standard InChI is InChI=1S/C17H17ClN6O2S/c1-10(25)14(17(26)23(2)3)27-16-13-15(19-9-20-16)24(22-21-13)8-11-4-6-12(18)7-5-11/h4-7,9,14H,8H2,1-3H3/t14-/m1/s1. The van der Waals surface area contributed by atoms with E-state index in [1.54, 1.807) is 30.9 Å². The predicted octanol–water partition coefficient (Wildman–Crippen LogP) is 2.06. The fraction of sp³-hybridized carbons (Fsp3) is 0.294. The Balaban J connectivity index is 1.92. The van der Waals surface area contributed by atoms with Crippen LogP contribution in [0.2, 0.25) is 5.02 Å². The number of nitrogens with zero attached hydrogens (tertiary/aromatic N) is 6. The normalized spacial score (nSPS) is 12.1. The number of halogens is 1. The molecular formula is C17H17ClN6O2S. The average Bonchev–Trinajstić information content (AvgIpc) is 3.04. The second-order valence-electron chi connectivity index (χ2n) is 6.07. The Morgan fingerprint density at radius 3 is 2.56 bits per heavy atom. The SMILES string of the molecule is CC(=O)[C@@H](Sc1ncnc2c1nnn2Cc1ccc(Cl)cc1)C(=O)N(C)C. The highest BCUT2D eigenvalue weighted by Gasteiger charge is 2.28. The number of hydrogen-bond donors (Lipinski definition) is 0. The zero-order valence-corrected chi connectivity index (χ0v) is 16.5. The molecule has 0 saturated heterocycles. The van der Waals surface area contributed by atoms with Crippen molar-refractivity contribution in [1.29, 1.82) is 0 Å². The lowest BCUT2D eigenvalue weighted by molar-refractivity contribution is -0.132. The molecule has 0 aliphatic heterocycles. The first kappa shape index (κ1) is 19.2. The van der Waals surface area contributed by atoms with E-state index in [4.69, 9.17) is 11.6 Å². The van der Waals surface area contributed by atoms with Crippen LogP contribution in [0.1, 0.15) is 12.5 Å². The van der Waals surface area contributed by atoms with Crippen LogP contribution in [0, 0.1) is 0 Å². The van der Waals surface area contributed by atoms with Gasteiger partial charge < -0.3 is 4.90 Å². The maximum absolute atomic E-state index is 12.3. The number of Topliss-reactive ketones (excluding diaryl/α,β-unsaturated/α-hetero) is 1. The van der Waals surface area contributed by atoms with E-state index in [0.717, 1.165) is 17.3 Å². The molecule has 27 heavy (non-hydrogen) atoms. The van der Waals surface area contributed by atoms with Crippen molar-refractivity contribution in [3.63, 3.8) is 0 Å². The van der Waals surface area contributed by atoms with Gasteiger partial charge in [0.05, 0.1) is 6.54 Å². The van der Waals surface area contributed by atoms with Gasteiger partial charge in [-0.3, -0.25) is 9.59 Å². The highest BCUT2D eigenvalue weighted by Crippen LogP contribution is 2.28. The van der Waals surface area contributed by atoms with Gasteiger partial charge in [-0.15, -0.1) is 5.10 Å². The van der Waals surface area contributed by atoms with Crippen molar-refractivity contribution in [3.8, 4) is 0 Å². The summed E-state index contributed by atoms with van der Waals surface area (Å²) in [5, 5.41) is 8.51. The molecule has 0 unspecified atom stereocenters. The highest BCUT2D eigenvalue weighted by molar-refractivity contribution is 8.01. The third kappa shape index (κ3) is 4.25. The van der Waals surface area contributed by atoms with Crippen LogP contribution < -0.4 is 0 Å². The fourth-order valence-corrected chi connectivity index (χ4v) is 3.56. The van der Waals surface area contributed by atoms with Crippen molar-refractivity contribution in [2.75, 3.05) is 14.1 Å². The zero-order chi connectivity index (χ0) is 19.6. The molecular weight excluding hydrogens is 388 g/mol. The van der Waals surface area contributed by atoms with Crippen LogP contribution in [0.15, 0.2) is 35.6 Å². The number of thioether (sulfide) groups is 1. The summed E-state index contributed by atoms with van der Waals surface area (Å²) in [7, 11) is 3.22. The lowest BCUT2D eigenvalue weighted by atomic mass is 10.2. The molecule has 0 bridgehead atoms. The molecule has 0 radical (unpaired) electrons. The highest BCUT2D eigenvalue weighted by atomic mass is 35.5. The Morgan fingerprint density at radius 1 is 1.22 bits per heavy atom. The molecule has 1 aromatic carbocycles. The van der Waals surface area contributed by atoms with Crippen molar-refractivity contribution in [2.45, 2.75) is 23.7 Å². The summed E-state index contributed by atoms with van der Waals surface area (Å²) in [4.78, 5) is 34.1. The molecule has 0 aliphatic rings. The van der Waals surface area contributed by atoms with Gasteiger partial charge in [0.15, 0.2) is 16.9 Å². The van der Waals surface area contributed by atoms with Crippen LogP contribution in [0.5, 0.6) is 0 Å². The minimum absolute atomic E-state index is 0.251. The van der Waals surface area contributed by atoms with E-state index < -0.39 is 5.25 Å². The van der Waals surface area contributed by atoms with E-state index in [2.05, 4.69) is 20.3 Å². The van der Waals surface area contributed by atoms with Crippen LogP contribution in [0.3, 0.4) is 0 Å². The van der Waals surface area contributed by atoms with E-state index in [1.165, 1.54) is 18.2 Å². The second kappa shape index (κ2) is 8.01. The molecule has 0 fully saturated rings. The molecule has 2 aromatic heterocycles. The van der Waals surface area contributed by atoms with Crippen molar-refractivity contribution >= 4 is 46.2 Å². The van der Waals surface area contributed by atoms with Gasteiger partial charge in [-0.05, 0) is 24.6 Å². The van der Waals surface area contributed by atoms with Gasteiger partial charge in [-0.2, -0.15) is 0 Å². The van der Waals surface area contributed by atoms with Gasteiger partial charge in [0, 0.05) is 19.1 Å². The van der Waals surface area contributed by atoms with Crippen LogP contribution in [-0.4, -0.2) is 60.9 Å². The van der Waals surface area contributed by atoms with E-state index in [0.29, 0.717) is 27.8 Å². The van der Waals surface area contributed by atoms with E-state index >= 15 is 0 Å². The lowest BCUT2D eigenvalue weighted by Crippen LogP contribution is -2.36. The number of ketones is 1. The fourth-order valence-electron chi connectivity index (χ4n) is 2.38. The smallest absolute Gasteiger partial charge is 0.243 e. The van der Waals surface area contributed by atoms with Gasteiger partial charge in [-0.1, -0.05) is 40.7 Å². The summed E-state index contributed by atoms with van der Waals surface area (Å²) >= 11 is 6.97. The third-order valence-electron chi connectivity index (χ3n) is 3.78. The average molecular weight is 405 g/mol. The number of benzene rings is 1. The number of fused-ring (bicyclic) bond motifs is 1. The van der Waals surface area contributed by atoms with Crippen LogP contribution in [0.25, 0.3) is 11.2 Å². The molecule has 0 aliphatic carbocycles. The molecule has 10 heteroatoms. The number of hydrogen-bond acceptors (Lipinski definition) is 7. The maximum Gasteiger partial charge on any atom is 0.243 e. The number of rotatable bonds is 6. The Kier molecular flexibility index (Phi) is 5.71. The first-order valence-corrected chi connectivity index (χ1v) is 9.29. The van der Waals surface area contributed by atoms with Crippen molar-refractivity contribution in [1.82, 2.24) is 29.9 Å². The van der Waals surface area contributed by atoms with Crippen molar-refractivity contribution in [3.05, 3.63) is 41.2 Å². The summed E-state index contributed by atoms with van der Waals surface area (Å²) < 4.78 is 1.64. The van der Waals surface area contributed by atoms with Gasteiger partial charge in [0.1, 0.15) is 16.6 Å². The van der Waals surface area contributed by atoms with Gasteiger partial charge in [0.2, 0.25) is 5.91 Å². The molecule has 1 amide bonds. The number of carbonyl (C=O) groups excluding carboxylic acids is 2. The third-order valence-corrected chi connectivity index (χ3v) is 5.32. The quantitative estimate of drug-likeness (QED) is 0.352. The Morgan fingerprint density at radius 2 is 1.93 bits per heavy atom. The Labute approximate surface area is 164 Å². The lowest BCUT2D eigenvalue weighted by Gasteiger charge is -2.17. The maximum atomic E-state index is 12.3. The molecule has 0 spiro atoms. The number of aromatic nitrogens is 5. The van der Waals surface area contributed by atoms with E-state index in [1.807, 2.05) is 12.1 Å². The van der Waals surface area contributed by atoms with E-state index in [-0.39, 0.29) is 11.7 Å². The van der Waals surface area contributed by atoms with Gasteiger partial charge >= 0.3 is 0 Å². The zero-order valence-electron chi connectivity index (χ0n) is 15.0. The minimum Gasteiger partial charge on any atom is -0.347 e. The molecule has 140 valence electrons. The molecule has 0 N–H and O–H groups in total. The van der Waals surface area contributed by atoms with E-state index in [9.17, 15) is 9.59 Å². The monoisotopic (exact) mass is 404 g/mol. The minimum atomic E-state index is -0.889. The van der Waals surface area contributed by atoms with Crippen molar-refractivity contribution < 1.29 is 9.59 Å². The molecule has 3 aromatic rings. The summed E-state index contributed by atoms with van der Waals surface area (Å²) in [5.74, 6) is -0.549. The summed E-state index contributed by atoms with van der Waals surface area (Å²) in [5.41, 5.74) is 1.97. The van der Waals surface area contributed by atoms with Gasteiger partial charge in [-0.25, -0.2) is 14.6 Å². The molecule has 1 atom stereocenters. The van der Waals surface area contributed by atoms with Crippen molar-refractivity contribution in [2.24, 2.45) is 0 Å². The van der Waals surface area contributed by atoms with Crippen LogP contribution in [-0.2, 0) is 16.1 Å². The molecule has 8 nitrogen and oxygen atoms in total. The summed E-state index contributed by atoms with van der Waals surface area (Å²) in [6, 6.07) is 7.40. The molecule has 3 rings (SSSR count). The number of carbonyl (C=O) groups is 2.